The Morgan fingerprint density at radius 1 is 0.978 bits per heavy atom. The lowest BCUT2D eigenvalue weighted by Gasteiger charge is -2.31. The van der Waals surface area contributed by atoms with E-state index in [4.69, 9.17) is 10.1 Å². The van der Waals surface area contributed by atoms with Crippen LogP contribution in [-0.2, 0) is 4.79 Å². The lowest BCUT2D eigenvalue weighted by Crippen LogP contribution is -2.48. The summed E-state index contributed by atoms with van der Waals surface area (Å²) in [6.45, 7) is 5.76. The molecule has 4 aromatic rings. The Bertz CT molecular complexity index is 1660. The van der Waals surface area contributed by atoms with Crippen LogP contribution in [0.4, 0.5) is 16.4 Å². The molecule has 4 aromatic heterocycles. The Morgan fingerprint density at radius 3 is 2.49 bits per heavy atom. The fourth-order valence-corrected chi connectivity index (χ4v) is 7.48. The van der Waals surface area contributed by atoms with Crippen molar-refractivity contribution in [2.75, 3.05) is 10.6 Å². The van der Waals surface area contributed by atoms with Crippen molar-refractivity contribution in [1.29, 1.82) is 0 Å². The van der Waals surface area contributed by atoms with Gasteiger partial charge in [0.25, 0.3) is 0 Å². The molecular weight excluding hydrogens is 592 g/mol. The highest BCUT2D eigenvalue weighted by Crippen LogP contribution is 2.39. The predicted octanol–water partition coefficient (Wildman–Crippen LogP) is 5.28. The second-order valence-electron chi connectivity index (χ2n) is 12.3. The van der Waals surface area contributed by atoms with Crippen LogP contribution in [0.25, 0.3) is 27.5 Å². The number of carbonyl (C=O) groups excluding carboxylic acids is 1. The molecule has 0 spiro atoms. The maximum atomic E-state index is 11.5. The molecule has 6 rings (SSSR count). The number of fused-ring (bicyclic) bond motifs is 1. The summed E-state index contributed by atoms with van der Waals surface area (Å²) in [6, 6.07) is 6.10. The van der Waals surface area contributed by atoms with Crippen LogP contribution in [0.1, 0.15) is 83.1 Å². The second kappa shape index (κ2) is 13.3. The summed E-state index contributed by atoms with van der Waals surface area (Å²) in [7, 11) is 0. The molecule has 238 valence electrons. The van der Waals surface area contributed by atoms with Gasteiger partial charge in [0.15, 0.2) is 5.01 Å². The van der Waals surface area contributed by atoms with E-state index in [0.717, 1.165) is 89.5 Å². The average molecular weight is 633 g/mol. The number of pyridine rings is 1. The van der Waals surface area contributed by atoms with Gasteiger partial charge in [-0.25, -0.2) is 14.3 Å². The highest BCUT2D eigenvalue weighted by atomic mass is 32.1. The summed E-state index contributed by atoms with van der Waals surface area (Å²) in [5.74, 6) is 0.806. The lowest BCUT2D eigenvalue weighted by molar-refractivity contribution is -0.119. The number of hydrogen-bond acceptors (Lipinski definition) is 10. The number of rotatable bonds is 9. The van der Waals surface area contributed by atoms with E-state index in [1.165, 1.54) is 0 Å². The average Bonchev–Trinajstić information content (AvgIpc) is 3.65. The van der Waals surface area contributed by atoms with E-state index in [1.807, 2.05) is 28.9 Å². The molecule has 13 nitrogen and oxygen atoms in total. The van der Waals surface area contributed by atoms with Gasteiger partial charge in [-0.2, -0.15) is 0 Å². The summed E-state index contributed by atoms with van der Waals surface area (Å²) in [5.41, 5.74) is 4.20. The van der Waals surface area contributed by atoms with Crippen LogP contribution in [0, 0.1) is 0 Å². The number of amides is 2. The predicted molar refractivity (Wildman–Crippen MR) is 174 cm³/mol. The molecule has 14 heteroatoms. The zero-order valence-electron chi connectivity index (χ0n) is 25.8. The minimum atomic E-state index is -1.02. The number of anilines is 2. The number of carbonyl (C=O) groups is 2. The number of aromatic nitrogens is 6. The van der Waals surface area contributed by atoms with Gasteiger partial charge in [0.1, 0.15) is 5.01 Å². The van der Waals surface area contributed by atoms with E-state index in [1.54, 1.807) is 24.5 Å². The van der Waals surface area contributed by atoms with Gasteiger partial charge in [0.2, 0.25) is 11.9 Å². The minimum absolute atomic E-state index is 0.0265. The first-order chi connectivity index (χ1) is 21.7. The first-order valence-corrected chi connectivity index (χ1v) is 16.5. The van der Waals surface area contributed by atoms with Gasteiger partial charge in [-0.1, -0.05) is 24.2 Å². The van der Waals surface area contributed by atoms with E-state index >= 15 is 0 Å². The van der Waals surface area contributed by atoms with E-state index in [2.05, 4.69) is 50.3 Å². The maximum absolute atomic E-state index is 11.5. The van der Waals surface area contributed by atoms with E-state index in [-0.39, 0.29) is 30.1 Å². The third kappa shape index (κ3) is 7.16. The third-order valence-electron chi connectivity index (χ3n) is 8.55. The van der Waals surface area contributed by atoms with Crippen molar-refractivity contribution in [3.63, 3.8) is 0 Å². The van der Waals surface area contributed by atoms with Crippen LogP contribution in [0.2, 0.25) is 0 Å². The molecule has 2 amide bonds. The summed E-state index contributed by atoms with van der Waals surface area (Å²) < 4.78 is 1.82. The van der Waals surface area contributed by atoms with Crippen molar-refractivity contribution >= 4 is 40.5 Å². The SMILES string of the molecule is CC(=O)N[C@H]1CC[C@H](c2nnc(-c3cnc(-c4ccc5cnc(N[C@@H]6CCCC[C@@H]6NC(=O)O)nn45)cc3NC(C)C)s2)CC1. The van der Waals surface area contributed by atoms with E-state index in [0.29, 0.717) is 11.9 Å². The van der Waals surface area contributed by atoms with Gasteiger partial charge in [0, 0.05) is 42.9 Å². The largest absolute Gasteiger partial charge is 0.465 e. The van der Waals surface area contributed by atoms with Crippen LogP contribution in [0.15, 0.2) is 30.6 Å². The number of carboxylic acid groups (broad SMARTS) is 1. The fourth-order valence-electron chi connectivity index (χ4n) is 6.44. The zero-order valence-corrected chi connectivity index (χ0v) is 26.6. The van der Waals surface area contributed by atoms with Gasteiger partial charge in [0.05, 0.1) is 34.7 Å². The standard InChI is InChI=1S/C31H40N10O3S/c1-17(2)34-25-14-26(32-16-22(25)29-39-38-28(45-29)19-8-10-20(11-9-19)35-18(3)42)27-13-12-21-15-33-30(40-41(21)27)36-23-6-4-5-7-24(23)37-31(43)44/h12-17,19-20,23-24,37H,4-11H2,1-3H3,(H,32,34)(H,35,42)(H,36,40)(H,43,44)/t19-,20-,23-,24+/m1/s1. The lowest BCUT2D eigenvalue weighted by atomic mass is 9.86. The molecule has 2 fully saturated rings. The molecule has 2 aliphatic rings. The molecule has 45 heavy (non-hydrogen) atoms. The molecule has 0 bridgehead atoms. The number of hydrogen-bond donors (Lipinski definition) is 5. The van der Waals surface area contributed by atoms with Gasteiger partial charge in [-0.15, -0.1) is 15.3 Å². The highest BCUT2D eigenvalue weighted by Gasteiger charge is 2.28. The van der Waals surface area contributed by atoms with Crippen molar-refractivity contribution in [2.24, 2.45) is 0 Å². The van der Waals surface area contributed by atoms with Crippen LogP contribution in [-0.4, -0.2) is 71.1 Å². The Morgan fingerprint density at radius 2 is 1.76 bits per heavy atom. The fraction of sp³-hybridized carbons (Fsp3) is 0.516. The topological polar surface area (TPSA) is 171 Å². The molecular formula is C31H40N10O3S. The second-order valence-corrected chi connectivity index (χ2v) is 13.3. The van der Waals surface area contributed by atoms with Gasteiger partial charge < -0.3 is 26.4 Å². The van der Waals surface area contributed by atoms with E-state index < -0.39 is 6.09 Å². The van der Waals surface area contributed by atoms with Crippen molar-refractivity contribution < 1.29 is 14.7 Å². The Labute approximate surface area is 265 Å². The number of nitrogens with zero attached hydrogens (tertiary/aromatic N) is 6. The van der Waals surface area contributed by atoms with Crippen molar-refractivity contribution in [3.8, 4) is 22.0 Å². The normalized spacial score (nSPS) is 21.9. The number of nitrogens with one attached hydrogen (secondary N) is 4. The van der Waals surface area contributed by atoms with Crippen molar-refractivity contribution in [3.05, 3.63) is 35.6 Å². The monoisotopic (exact) mass is 632 g/mol. The molecule has 2 aliphatic carbocycles. The van der Waals surface area contributed by atoms with Crippen LogP contribution in [0.5, 0.6) is 0 Å². The van der Waals surface area contributed by atoms with Gasteiger partial charge >= 0.3 is 6.09 Å². The smallest absolute Gasteiger partial charge is 0.404 e. The van der Waals surface area contributed by atoms with Crippen LogP contribution >= 0.6 is 11.3 Å². The maximum Gasteiger partial charge on any atom is 0.404 e. The van der Waals surface area contributed by atoms with Gasteiger partial charge in [-0.05, 0) is 70.6 Å². The molecule has 4 heterocycles. The summed E-state index contributed by atoms with van der Waals surface area (Å²) >= 11 is 1.61. The zero-order chi connectivity index (χ0) is 31.5. The first kappa shape index (κ1) is 30.7. The van der Waals surface area contributed by atoms with E-state index in [9.17, 15) is 14.7 Å². The van der Waals surface area contributed by atoms with Crippen LogP contribution in [0.3, 0.4) is 0 Å². The molecule has 0 radical (unpaired) electrons. The quantitative estimate of drug-likeness (QED) is 0.163. The molecule has 0 aromatic carbocycles. The molecule has 0 unspecified atom stereocenters. The molecule has 0 aliphatic heterocycles. The molecule has 2 saturated carbocycles. The van der Waals surface area contributed by atoms with Gasteiger partial charge in [-0.3, -0.25) is 9.78 Å². The van der Waals surface area contributed by atoms with Crippen molar-refractivity contribution in [1.82, 2.24) is 40.4 Å². The van der Waals surface area contributed by atoms with Crippen LogP contribution < -0.4 is 21.3 Å². The Hall–Kier alpha value is -4.33. The Balaban J connectivity index is 1.24. The molecule has 5 N–H and O–H groups in total. The summed E-state index contributed by atoms with van der Waals surface area (Å²) in [5, 5.41) is 37.7. The minimum Gasteiger partial charge on any atom is -0.465 e. The van der Waals surface area contributed by atoms with Crippen molar-refractivity contribution in [2.45, 2.75) is 102 Å². The molecule has 2 atom stereocenters. The third-order valence-corrected chi connectivity index (χ3v) is 9.67. The summed E-state index contributed by atoms with van der Waals surface area (Å²) in [6.07, 6.45) is 10.1. The molecule has 0 saturated heterocycles. The first-order valence-electron chi connectivity index (χ1n) is 15.7. The summed E-state index contributed by atoms with van der Waals surface area (Å²) in [4.78, 5) is 32.1. The Kier molecular flexibility index (Phi) is 9.10. The highest BCUT2D eigenvalue weighted by molar-refractivity contribution is 7.14.